The molecule has 0 radical (unpaired) electrons. The molecule has 0 aliphatic rings. The van der Waals surface area contributed by atoms with Crippen molar-refractivity contribution in [3.63, 3.8) is 0 Å². The summed E-state index contributed by atoms with van der Waals surface area (Å²) >= 11 is 0. The second kappa shape index (κ2) is 2.87. The van der Waals surface area contributed by atoms with Crippen molar-refractivity contribution in [3.8, 4) is 0 Å². The quantitative estimate of drug-likeness (QED) is 0.645. The van der Waals surface area contributed by atoms with Crippen LogP contribution in [0.2, 0.25) is 0 Å². The molecule has 0 aliphatic heterocycles. The van der Waals surface area contributed by atoms with Crippen molar-refractivity contribution in [1.82, 2.24) is 0 Å². The van der Waals surface area contributed by atoms with Crippen LogP contribution in [0.25, 0.3) is 11.0 Å². The van der Waals surface area contributed by atoms with Gasteiger partial charge in [-0.15, -0.1) is 0 Å². The van der Waals surface area contributed by atoms with Gasteiger partial charge in [0, 0.05) is 11.3 Å². The Morgan fingerprint density at radius 1 is 1.29 bits per heavy atom. The highest BCUT2D eigenvalue weighted by molar-refractivity contribution is 5.80. The summed E-state index contributed by atoms with van der Waals surface area (Å²) in [5, 5.41) is 0.549. The minimum atomic E-state index is -0.00366. The zero-order chi connectivity index (χ0) is 10.3. The molecule has 2 N–H and O–H groups in total. The fraction of sp³-hybridized carbons (Fsp3) is 0.182. The first-order chi connectivity index (χ1) is 6.59. The predicted octanol–water partition coefficient (Wildman–Crippen LogP) is 1.99. The molecule has 0 aliphatic carbocycles. The molecule has 2 rings (SSSR count). The van der Waals surface area contributed by atoms with E-state index in [0.29, 0.717) is 28.0 Å². The van der Waals surface area contributed by atoms with E-state index in [4.69, 9.17) is 10.2 Å². The molecule has 3 nitrogen and oxygen atoms in total. The van der Waals surface area contributed by atoms with Gasteiger partial charge in [0.05, 0.1) is 5.39 Å². The van der Waals surface area contributed by atoms with Gasteiger partial charge in [-0.2, -0.15) is 0 Å². The number of hydrogen-bond acceptors (Lipinski definition) is 3. The molecule has 1 heterocycles. The average Bonchev–Trinajstić information content (AvgIpc) is 2.16. The van der Waals surface area contributed by atoms with Crippen molar-refractivity contribution in [2.75, 3.05) is 5.73 Å². The summed E-state index contributed by atoms with van der Waals surface area (Å²) in [7, 11) is 0. The summed E-state index contributed by atoms with van der Waals surface area (Å²) in [5.74, 6) is 0.660. The Kier molecular flexibility index (Phi) is 1.81. The fourth-order valence-corrected chi connectivity index (χ4v) is 1.42. The molecule has 0 amide bonds. The number of benzene rings is 1. The molecular weight excluding hydrogens is 178 g/mol. The Bertz CT molecular complexity index is 555. The summed E-state index contributed by atoms with van der Waals surface area (Å²) in [6, 6.07) is 5.09. The van der Waals surface area contributed by atoms with Gasteiger partial charge >= 0.3 is 0 Å². The maximum absolute atomic E-state index is 11.8. The lowest BCUT2D eigenvalue weighted by molar-refractivity contribution is 0.559. The Balaban J connectivity index is 2.99. The van der Waals surface area contributed by atoms with Crippen LogP contribution < -0.4 is 11.2 Å². The normalized spacial score (nSPS) is 10.7. The van der Waals surface area contributed by atoms with Crippen LogP contribution in [0, 0.1) is 13.8 Å². The summed E-state index contributed by atoms with van der Waals surface area (Å²) < 4.78 is 5.47. The van der Waals surface area contributed by atoms with Gasteiger partial charge in [-0.1, -0.05) is 0 Å². The SMILES string of the molecule is Cc1oc2ccc(N)cc2c(=O)c1C. The van der Waals surface area contributed by atoms with Gasteiger partial charge in [-0.25, -0.2) is 0 Å². The number of nitrogens with two attached hydrogens (primary N) is 1. The first-order valence-corrected chi connectivity index (χ1v) is 4.39. The number of aryl methyl sites for hydroxylation is 1. The van der Waals surface area contributed by atoms with E-state index in [1.165, 1.54) is 0 Å². The molecule has 14 heavy (non-hydrogen) atoms. The Hall–Kier alpha value is -1.77. The van der Waals surface area contributed by atoms with Crippen molar-refractivity contribution in [2.24, 2.45) is 0 Å². The van der Waals surface area contributed by atoms with E-state index in [-0.39, 0.29) is 5.43 Å². The van der Waals surface area contributed by atoms with E-state index >= 15 is 0 Å². The minimum Gasteiger partial charge on any atom is -0.461 e. The van der Waals surface area contributed by atoms with Gasteiger partial charge in [0.15, 0.2) is 5.43 Å². The molecular formula is C11H11NO2. The number of rotatable bonds is 0. The van der Waals surface area contributed by atoms with Crippen LogP contribution in [0.3, 0.4) is 0 Å². The third kappa shape index (κ3) is 1.18. The van der Waals surface area contributed by atoms with Gasteiger partial charge in [0.2, 0.25) is 0 Å². The monoisotopic (exact) mass is 189 g/mol. The molecule has 0 unspecified atom stereocenters. The zero-order valence-corrected chi connectivity index (χ0v) is 8.13. The lowest BCUT2D eigenvalue weighted by Gasteiger charge is -2.02. The van der Waals surface area contributed by atoms with Crippen LogP contribution in [0.1, 0.15) is 11.3 Å². The molecule has 0 saturated carbocycles. The molecule has 72 valence electrons. The first-order valence-electron chi connectivity index (χ1n) is 4.39. The number of fused-ring (bicyclic) bond motifs is 1. The summed E-state index contributed by atoms with van der Waals surface area (Å²) in [6.07, 6.45) is 0. The lowest BCUT2D eigenvalue weighted by atomic mass is 10.1. The van der Waals surface area contributed by atoms with Gasteiger partial charge in [-0.3, -0.25) is 4.79 Å². The smallest absolute Gasteiger partial charge is 0.195 e. The van der Waals surface area contributed by atoms with E-state index in [1.807, 2.05) is 0 Å². The third-order valence-electron chi connectivity index (χ3n) is 2.38. The molecule has 0 saturated heterocycles. The predicted molar refractivity (Wildman–Crippen MR) is 56.4 cm³/mol. The van der Waals surface area contributed by atoms with Crippen molar-refractivity contribution < 1.29 is 4.42 Å². The maximum Gasteiger partial charge on any atom is 0.195 e. The van der Waals surface area contributed by atoms with E-state index < -0.39 is 0 Å². The maximum atomic E-state index is 11.8. The first kappa shape index (κ1) is 8.81. The lowest BCUT2D eigenvalue weighted by Crippen LogP contribution is -2.07. The molecule has 0 spiro atoms. The van der Waals surface area contributed by atoms with Crippen LogP contribution in [0.4, 0.5) is 5.69 Å². The van der Waals surface area contributed by atoms with Crippen molar-refractivity contribution in [1.29, 1.82) is 0 Å². The summed E-state index contributed by atoms with van der Waals surface area (Å²) in [4.78, 5) is 11.8. The number of hydrogen-bond donors (Lipinski definition) is 1. The molecule has 1 aromatic heterocycles. The van der Waals surface area contributed by atoms with Crippen LogP contribution in [-0.2, 0) is 0 Å². The Morgan fingerprint density at radius 3 is 2.71 bits per heavy atom. The zero-order valence-electron chi connectivity index (χ0n) is 8.13. The standard InChI is InChI=1S/C11H11NO2/c1-6-7(2)14-10-4-3-8(12)5-9(10)11(6)13/h3-5H,12H2,1-2H3. The fourth-order valence-electron chi connectivity index (χ4n) is 1.42. The van der Waals surface area contributed by atoms with Crippen LogP contribution in [-0.4, -0.2) is 0 Å². The van der Waals surface area contributed by atoms with Crippen LogP contribution in [0.15, 0.2) is 27.4 Å². The van der Waals surface area contributed by atoms with Crippen LogP contribution >= 0.6 is 0 Å². The van der Waals surface area contributed by atoms with Crippen LogP contribution in [0.5, 0.6) is 0 Å². The highest BCUT2D eigenvalue weighted by Gasteiger charge is 2.06. The molecule has 0 bridgehead atoms. The Morgan fingerprint density at radius 2 is 2.00 bits per heavy atom. The minimum absolute atomic E-state index is 0.00366. The number of anilines is 1. The highest BCUT2D eigenvalue weighted by Crippen LogP contribution is 2.17. The largest absolute Gasteiger partial charge is 0.461 e. The highest BCUT2D eigenvalue weighted by atomic mass is 16.3. The molecule has 0 fully saturated rings. The number of nitrogen functional groups attached to an aromatic ring is 1. The Labute approximate surface area is 81.1 Å². The van der Waals surface area contributed by atoms with E-state index in [2.05, 4.69) is 0 Å². The van der Waals surface area contributed by atoms with Gasteiger partial charge in [0.25, 0.3) is 0 Å². The molecule has 1 aromatic carbocycles. The van der Waals surface area contributed by atoms with Crippen molar-refractivity contribution in [2.45, 2.75) is 13.8 Å². The second-order valence-corrected chi connectivity index (χ2v) is 3.37. The van der Waals surface area contributed by atoms with E-state index in [1.54, 1.807) is 32.0 Å². The summed E-state index contributed by atoms with van der Waals surface area (Å²) in [5.41, 5.74) is 7.41. The van der Waals surface area contributed by atoms with Gasteiger partial charge in [0.1, 0.15) is 11.3 Å². The van der Waals surface area contributed by atoms with Crippen molar-refractivity contribution >= 4 is 16.7 Å². The van der Waals surface area contributed by atoms with E-state index in [0.717, 1.165) is 0 Å². The average molecular weight is 189 g/mol. The second-order valence-electron chi connectivity index (χ2n) is 3.37. The summed E-state index contributed by atoms with van der Waals surface area (Å²) in [6.45, 7) is 3.54. The third-order valence-corrected chi connectivity index (χ3v) is 2.38. The molecule has 0 atom stereocenters. The van der Waals surface area contributed by atoms with Crippen molar-refractivity contribution in [3.05, 3.63) is 39.7 Å². The van der Waals surface area contributed by atoms with Gasteiger partial charge < -0.3 is 10.2 Å². The molecule has 3 heteroatoms. The topological polar surface area (TPSA) is 56.2 Å². The van der Waals surface area contributed by atoms with Gasteiger partial charge in [-0.05, 0) is 32.0 Å². The molecule has 2 aromatic rings. The van der Waals surface area contributed by atoms with E-state index in [9.17, 15) is 4.79 Å².